The fourth-order valence-electron chi connectivity index (χ4n) is 1.94. The van der Waals surface area contributed by atoms with Crippen LogP contribution in [0.2, 0.25) is 5.02 Å². The molecule has 2 aromatic rings. The van der Waals surface area contributed by atoms with E-state index in [0.717, 1.165) is 5.56 Å². The first-order valence-corrected chi connectivity index (χ1v) is 6.04. The molecule has 0 saturated carbocycles. The van der Waals surface area contributed by atoms with E-state index in [1.54, 1.807) is 43.3 Å². The Labute approximate surface area is 111 Å². The zero-order valence-electron chi connectivity index (χ0n) is 10.2. The van der Waals surface area contributed by atoms with E-state index in [2.05, 4.69) is 0 Å². The lowest BCUT2D eigenvalue weighted by atomic mass is 9.87. The van der Waals surface area contributed by atoms with E-state index in [9.17, 15) is 9.50 Å². The van der Waals surface area contributed by atoms with Gasteiger partial charge >= 0.3 is 0 Å². The largest absolute Gasteiger partial charge is 0.381 e. The van der Waals surface area contributed by atoms with Crippen molar-refractivity contribution in [1.82, 2.24) is 0 Å². The molecule has 0 radical (unpaired) electrons. The maximum atomic E-state index is 13.8. The van der Waals surface area contributed by atoms with Crippen molar-refractivity contribution in [2.24, 2.45) is 0 Å². The molecule has 0 amide bonds. The van der Waals surface area contributed by atoms with Gasteiger partial charge in [-0.1, -0.05) is 35.4 Å². The number of rotatable bonds is 2. The summed E-state index contributed by atoms with van der Waals surface area (Å²) in [5.74, 6) is -0.416. The van der Waals surface area contributed by atoms with Crippen LogP contribution in [0, 0.1) is 12.7 Å². The minimum Gasteiger partial charge on any atom is -0.381 e. The van der Waals surface area contributed by atoms with Crippen molar-refractivity contribution in [1.29, 1.82) is 0 Å². The first-order chi connectivity index (χ1) is 8.41. The zero-order valence-corrected chi connectivity index (χ0v) is 11.0. The Morgan fingerprint density at radius 2 is 1.72 bits per heavy atom. The van der Waals surface area contributed by atoms with Crippen LogP contribution in [0.1, 0.15) is 23.6 Å². The van der Waals surface area contributed by atoms with Crippen LogP contribution in [0.15, 0.2) is 42.5 Å². The van der Waals surface area contributed by atoms with Crippen LogP contribution < -0.4 is 0 Å². The highest BCUT2D eigenvalue weighted by Crippen LogP contribution is 2.32. The topological polar surface area (TPSA) is 20.2 Å². The van der Waals surface area contributed by atoms with Gasteiger partial charge in [0, 0.05) is 10.6 Å². The summed E-state index contributed by atoms with van der Waals surface area (Å²) in [6.07, 6.45) is 0. The van der Waals surface area contributed by atoms with E-state index < -0.39 is 11.4 Å². The van der Waals surface area contributed by atoms with Crippen molar-refractivity contribution in [2.75, 3.05) is 0 Å². The van der Waals surface area contributed by atoms with Crippen LogP contribution in [0.3, 0.4) is 0 Å². The zero-order chi connectivity index (χ0) is 13.3. The van der Waals surface area contributed by atoms with Crippen LogP contribution in [0.4, 0.5) is 4.39 Å². The summed E-state index contributed by atoms with van der Waals surface area (Å²) < 4.78 is 13.8. The molecule has 2 rings (SSSR count). The molecule has 94 valence electrons. The molecule has 0 spiro atoms. The number of aryl methyl sites for hydroxylation is 1. The second kappa shape index (κ2) is 4.71. The van der Waals surface area contributed by atoms with Gasteiger partial charge in [-0.3, -0.25) is 0 Å². The lowest BCUT2D eigenvalue weighted by Crippen LogP contribution is -2.24. The van der Waals surface area contributed by atoms with Gasteiger partial charge in [0.2, 0.25) is 0 Å². The molecular weight excluding hydrogens is 251 g/mol. The molecule has 0 aliphatic rings. The molecule has 18 heavy (non-hydrogen) atoms. The van der Waals surface area contributed by atoms with Gasteiger partial charge in [0.25, 0.3) is 0 Å². The fourth-order valence-corrected chi connectivity index (χ4v) is 2.07. The number of hydrogen-bond donors (Lipinski definition) is 1. The Bertz CT molecular complexity index is 561. The molecule has 0 fully saturated rings. The summed E-state index contributed by atoms with van der Waals surface area (Å²) in [7, 11) is 0. The molecule has 1 atom stereocenters. The highest BCUT2D eigenvalue weighted by atomic mass is 35.5. The minimum absolute atomic E-state index is 0.268. The SMILES string of the molecule is Cc1ccc(F)c(C(C)(O)c2ccc(Cl)cc2)c1. The van der Waals surface area contributed by atoms with E-state index in [4.69, 9.17) is 11.6 Å². The summed E-state index contributed by atoms with van der Waals surface area (Å²) in [4.78, 5) is 0. The van der Waals surface area contributed by atoms with Crippen LogP contribution >= 0.6 is 11.6 Å². The third-order valence-electron chi connectivity index (χ3n) is 3.05. The van der Waals surface area contributed by atoms with Crippen LogP contribution in [0.5, 0.6) is 0 Å². The smallest absolute Gasteiger partial charge is 0.129 e. The van der Waals surface area contributed by atoms with Crippen molar-refractivity contribution in [3.05, 3.63) is 70.0 Å². The standard InChI is InChI=1S/C15H14ClFO/c1-10-3-8-14(17)13(9-10)15(2,18)11-4-6-12(16)7-5-11/h3-9,18H,1-2H3. The molecule has 0 aliphatic carbocycles. The monoisotopic (exact) mass is 264 g/mol. The van der Waals surface area contributed by atoms with E-state index in [1.165, 1.54) is 6.07 Å². The van der Waals surface area contributed by atoms with E-state index in [-0.39, 0.29) is 5.56 Å². The first kappa shape index (κ1) is 13.1. The second-order valence-electron chi connectivity index (χ2n) is 4.56. The van der Waals surface area contributed by atoms with Gasteiger partial charge in [0.15, 0.2) is 0 Å². The van der Waals surface area contributed by atoms with Crippen molar-refractivity contribution in [3.8, 4) is 0 Å². The number of benzene rings is 2. The number of halogens is 2. The summed E-state index contributed by atoms with van der Waals surface area (Å²) in [5.41, 5.74) is 0.405. The predicted octanol–water partition coefficient (Wildman–Crippen LogP) is 4.04. The molecule has 0 saturated heterocycles. The van der Waals surface area contributed by atoms with Gasteiger partial charge in [0.05, 0.1) is 0 Å². The lowest BCUT2D eigenvalue weighted by molar-refractivity contribution is 0.0979. The van der Waals surface area contributed by atoms with Crippen molar-refractivity contribution in [2.45, 2.75) is 19.4 Å². The summed E-state index contributed by atoms with van der Waals surface area (Å²) in [6.45, 7) is 3.44. The second-order valence-corrected chi connectivity index (χ2v) is 5.00. The van der Waals surface area contributed by atoms with Gasteiger partial charge in [-0.15, -0.1) is 0 Å². The molecule has 0 heterocycles. The number of hydrogen-bond acceptors (Lipinski definition) is 1. The third kappa shape index (κ3) is 2.40. The van der Waals surface area contributed by atoms with E-state index in [0.29, 0.717) is 10.6 Å². The first-order valence-electron chi connectivity index (χ1n) is 5.66. The highest BCUT2D eigenvalue weighted by molar-refractivity contribution is 6.30. The van der Waals surface area contributed by atoms with Gasteiger partial charge in [0.1, 0.15) is 11.4 Å². The van der Waals surface area contributed by atoms with Crippen molar-refractivity contribution >= 4 is 11.6 Å². The van der Waals surface area contributed by atoms with E-state index in [1.807, 2.05) is 6.92 Å². The molecule has 1 N–H and O–H groups in total. The maximum absolute atomic E-state index is 13.8. The molecule has 3 heteroatoms. The molecule has 1 nitrogen and oxygen atoms in total. The molecule has 1 unspecified atom stereocenters. The van der Waals surface area contributed by atoms with Gasteiger partial charge in [-0.2, -0.15) is 0 Å². The Balaban J connectivity index is 2.53. The molecule has 0 aliphatic heterocycles. The Kier molecular flexibility index (Phi) is 3.42. The summed E-state index contributed by atoms with van der Waals surface area (Å²) in [6, 6.07) is 11.5. The molecule has 2 aromatic carbocycles. The van der Waals surface area contributed by atoms with E-state index >= 15 is 0 Å². The summed E-state index contributed by atoms with van der Waals surface area (Å²) in [5, 5.41) is 11.2. The van der Waals surface area contributed by atoms with Gasteiger partial charge < -0.3 is 5.11 Å². The van der Waals surface area contributed by atoms with Gasteiger partial charge in [-0.05, 0) is 43.7 Å². The highest BCUT2D eigenvalue weighted by Gasteiger charge is 2.28. The van der Waals surface area contributed by atoms with Crippen molar-refractivity contribution in [3.63, 3.8) is 0 Å². The lowest BCUT2D eigenvalue weighted by Gasteiger charge is -2.25. The van der Waals surface area contributed by atoms with Crippen LogP contribution in [-0.2, 0) is 5.60 Å². The Morgan fingerprint density at radius 3 is 2.33 bits per heavy atom. The molecule has 0 aromatic heterocycles. The van der Waals surface area contributed by atoms with Gasteiger partial charge in [-0.25, -0.2) is 4.39 Å². The van der Waals surface area contributed by atoms with Crippen LogP contribution in [-0.4, -0.2) is 5.11 Å². The van der Waals surface area contributed by atoms with Crippen molar-refractivity contribution < 1.29 is 9.50 Å². The Morgan fingerprint density at radius 1 is 1.11 bits per heavy atom. The summed E-state index contributed by atoms with van der Waals surface area (Å²) >= 11 is 5.81. The average molecular weight is 265 g/mol. The molecule has 0 bridgehead atoms. The molecular formula is C15H14ClFO. The average Bonchev–Trinajstić information content (AvgIpc) is 2.32. The quantitative estimate of drug-likeness (QED) is 0.868. The van der Waals surface area contributed by atoms with Crippen LogP contribution in [0.25, 0.3) is 0 Å². The normalized spacial score (nSPS) is 14.3. The fraction of sp³-hybridized carbons (Fsp3) is 0.200. The third-order valence-corrected chi connectivity index (χ3v) is 3.30. The maximum Gasteiger partial charge on any atom is 0.129 e. The number of aliphatic hydroxyl groups is 1. The Hall–Kier alpha value is -1.38. The predicted molar refractivity (Wildman–Crippen MR) is 71.3 cm³/mol. The minimum atomic E-state index is -1.37.